The molecule has 0 saturated heterocycles. The second kappa shape index (κ2) is 5.07. The third-order valence-corrected chi connectivity index (χ3v) is 2.33. The molecule has 0 radical (unpaired) electrons. The van der Waals surface area contributed by atoms with Gasteiger partial charge in [0.1, 0.15) is 0 Å². The van der Waals surface area contributed by atoms with Crippen LogP contribution in [0.2, 0.25) is 0 Å². The van der Waals surface area contributed by atoms with E-state index in [1.54, 1.807) is 6.20 Å². The standard InChI is InChI=1S/C10H18N6/c1-16(2)6-5-11-9-7-12-15-10(14-9)13-8-3-4-8/h7-8H,3-6H2,1-2H3,(H2,11,13,14,15). The van der Waals surface area contributed by atoms with Crippen LogP contribution in [0.5, 0.6) is 0 Å². The summed E-state index contributed by atoms with van der Waals surface area (Å²) >= 11 is 0. The van der Waals surface area contributed by atoms with Gasteiger partial charge in [0.25, 0.3) is 0 Å². The highest BCUT2D eigenvalue weighted by Crippen LogP contribution is 2.22. The summed E-state index contributed by atoms with van der Waals surface area (Å²) in [4.78, 5) is 6.45. The molecule has 2 N–H and O–H groups in total. The minimum Gasteiger partial charge on any atom is -0.367 e. The van der Waals surface area contributed by atoms with Gasteiger partial charge in [-0.2, -0.15) is 10.1 Å². The first-order chi connectivity index (χ1) is 7.74. The van der Waals surface area contributed by atoms with E-state index in [1.165, 1.54) is 12.8 Å². The minimum atomic E-state index is 0.554. The van der Waals surface area contributed by atoms with E-state index in [9.17, 15) is 0 Å². The number of likely N-dealkylation sites (N-methyl/N-ethyl adjacent to an activating group) is 1. The fourth-order valence-corrected chi connectivity index (χ4v) is 1.27. The first-order valence-electron chi connectivity index (χ1n) is 5.59. The third-order valence-electron chi connectivity index (χ3n) is 2.33. The number of rotatable bonds is 6. The fourth-order valence-electron chi connectivity index (χ4n) is 1.27. The molecule has 1 heterocycles. The van der Waals surface area contributed by atoms with E-state index in [-0.39, 0.29) is 0 Å². The molecule has 2 rings (SSSR count). The number of nitrogens with zero attached hydrogens (tertiary/aromatic N) is 4. The molecular weight excluding hydrogens is 204 g/mol. The van der Waals surface area contributed by atoms with Crippen LogP contribution in [0.25, 0.3) is 0 Å². The SMILES string of the molecule is CN(C)CCNc1cnnc(NC2CC2)n1. The topological polar surface area (TPSA) is 66.0 Å². The van der Waals surface area contributed by atoms with Crippen LogP contribution in [0.3, 0.4) is 0 Å². The van der Waals surface area contributed by atoms with E-state index in [0.717, 1.165) is 18.9 Å². The van der Waals surface area contributed by atoms with Gasteiger partial charge in [-0.15, -0.1) is 5.10 Å². The Morgan fingerprint density at radius 2 is 2.25 bits per heavy atom. The largest absolute Gasteiger partial charge is 0.367 e. The van der Waals surface area contributed by atoms with Crippen LogP contribution in [0.1, 0.15) is 12.8 Å². The highest BCUT2D eigenvalue weighted by Gasteiger charge is 2.22. The Labute approximate surface area is 95.5 Å². The molecule has 0 unspecified atom stereocenters. The van der Waals surface area contributed by atoms with Crippen molar-refractivity contribution in [3.63, 3.8) is 0 Å². The smallest absolute Gasteiger partial charge is 0.244 e. The lowest BCUT2D eigenvalue weighted by Crippen LogP contribution is -2.21. The molecule has 0 atom stereocenters. The number of anilines is 2. The Balaban J connectivity index is 1.83. The van der Waals surface area contributed by atoms with Crippen molar-refractivity contribution in [1.82, 2.24) is 20.1 Å². The van der Waals surface area contributed by atoms with Crippen LogP contribution in [0, 0.1) is 0 Å². The average molecular weight is 222 g/mol. The molecule has 6 nitrogen and oxygen atoms in total. The molecule has 1 aliphatic carbocycles. The van der Waals surface area contributed by atoms with Crippen molar-refractivity contribution in [2.45, 2.75) is 18.9 Å². The minimum absolute atomic E-state index is 0.554. The van der Waals surface area contributed by atoms with E-state index in [1.807, 2.05) is 14.1 Å². The lowest BCUT2D eigenvalue weighted by atomic mass is 10.5. The van der Waals surface area contributed by atoms with Crippen LogP contribution in [0.4, 0.5) is 11.8 Å². The van der Waals surface area contributed by atoms with Crippen molar-refractivity contribution >= 4 is 11.8 Å². The monoisotopic (exact) mass is 222 g/mol. The normalized spacial score (nSPS) is 15.2. The molecule has 6 heteroatoms. The summed E-state index contributed by atoms with van der Waals surface area (Å²) in [5.41, 5.74) is 0. The van der Waals surface area contributed by atoms with Crippen LogP contribution >= 0.6 is 0 Å². The average Bonchev–Trinajstić information content (AvgIpc) is 3.02. The quantitative estimate of drug-likeness (QED) is 0.727. The molecule has 0 spiro atoms. The molecule has 0 bridgehead atoms. The summed E-state index contributed by atoms with van der Waals surface area (Å²) in [6.45, 7) is 1.82. The van der Waals surface area contributed by atoms with Crippen molar-refractivity contribution in [3.05, 3.63) is 6.20 Å². The molecule has 0 aromatic carbocycles. The van der Waals surface area contributed by atoms with E-state index in [4.69, 9.17) is 0 Å². The van der Waals surface area contributed by atoms with Gasteiger partial charge in [-0.3, -0.25) is 0 Å². The lowest BCUT2D eigenvalue weighted by Gasteiger charge is -2.10. The second-order valence-corrected chi connectivity index (χ2v) is 4.31. The Bertz CT molecular complexity index is 336. The van der Waals surface area contributed by atoms with Crippen LogP contribution in [0.15, 0.2) is 6.20 Å². The zero-order valence-electron chi connectivity index (χ0n) is 9.77. The summed E-state index contributed by atoms with van der Waals surface area (Å²) in [5, 5.41) is 14.3. The van der Waals surface area contributed by atoms with Crippen molar-refractivity contribution in [2.24, 2.45) is 0 Å². The highest BCUT2D eigenvalue weighted by atomic mass is 15.3. The third kappa shape index (κ3) is 3.62. The van der Waals surface area contributed by atoms with Crippen LogP contribution in [-0.4, -0.2) is 53.3 Å². The van der Waals surface area contributed by atoms with Crippen molar-refractivity contribution < 1.29 is 0 Å². The molecule has 1 aromatic heterocycles. The van der Waals surface area contributed by atoms with Crippen molar-refractivity contribution in [3.8, 4) is 0 Å². The van der Waals surface area contributed by atoms with Crippen molar-refractivity contribution in [2.75, 3.05) is 37.8 Å². The summed E-state index contributed by atoms with van der Waals surface area (Å²) < 4.78 is 0. The van der Waals surface area contributed by atoms with Crippen molar-refractivity contribution in [1.29, 1.82) is 0 Å². The predicted octanol–water partition coefficient (Wildman–Crippen LogP) is 0.419. The van der Waals surface area contributed by atoms with Gasteiger partial charge in [0, 0.05) is 19.1 Å². The van der Waals surface area contributed by atoms with Gasteiger partial charge < -0.3 is 15.5 Å². The van der Waals surface area contributed by atoms with Gasteiger partial charge in [-0.1, -0.05) is 0 Å². The van der Waals surface area contributed by atoms with Gasteiger partial charge in [-0.25, -0.2) is 0 Å². The molecule has 1 aliphatic rings. The molecule has 1 fully saturated rings. The maximum atomic E-state index is 4.34. The summed E-state index contributed by atoms with van der Waals surface area (Å²) in [6.07, 6.45) is 4.07. The maximum Gasteiger partial charge on any atom is 0.244 e. The number of hydrogen-bond acceptors (Lipinski definition) is 6. The molecule has 16 heavy (non-hydrogen) atoms. The molecule has 1 saturated carbocycles. The first-order valence-corrected chi connectivity index (χ1v) is 5.59. The van der Waals surface area contributed by atoms with Crippen LogP contribution < -0.4 is 10.6 Å². The van der Waals surface area contributed by atoms with E-state index >= 15 is 0 Å². The fraction of sp³-hybridized carbons (Fsp3) is 0.700. The van der Waals surface area contributed by atoms with Crippen LogP contribution in [-0.2, 0) is 0 Å². The van der Waals surface area contributed by atoms with Gasteiger partial charge in [0.15, 0.2) is 5.82 Å². The lowest BCUT2D eigenvalue weighted by molar-refractivity contribution is 0.425. The molecule has 0 amide bonds. The molecule has 1 aromatic rings. The van der Waals surface area contributed by atoms with Gasteiger partial charge >= 0.3 is 0 Å². The summed E-state index contributed by atoms with van der Waals surface area (Å²) in [7, 11) is 4.08. The summed E-state index contributed by atoms with van der Waals surface area (Å²) in [5.74, 6) is 1.40. The Hall–Kier alpha value is -1.43. The van der Waals surface area contributed by atoms with Gasteiger partial charge in [0.2, 0.25) is 5.95 Å². The molecule has 0 aliphatic heterocycles. The molecular formula is C10H18N6. The van der Waals surface area contributed by atoms with E-state index in [0.29, 0.717) is 12.0 Å². The van der Waals surface area contributed by atoms with Gasteiger partial charge in [0.05, 0.1) is 6.20 Å². The van der Waals surface area contributed by atoms with Gasteiger partial charge in [-0.05, 0) is 26.9 Å². The zero-order valence-corrected chi connectivity index (χ0v) is 9.77. The summed E-state index contributed by atoms with van der Waals surface area (Å²) in [6, 6.07) is 0.554. The van der Waals surface area contributed by atoms with E-state index < -0.39 is 0 Å². The Morgan fingerprint density at radius 1 is 1.44 bits per heavy atom. The highest BCUT2D eigenvalue weighted by molar-refractivity contribution is 5.38. The maximum absolute atomic E-state index is 4.34. The number of hydrogen-bond donors (Lipinski definition) is 2. The van der Waals surface area contributed by atoms with E-state index in [2.05, 4.69) is 30.7 Å². The Kier molecular flexibility index (Phi) is 3.51. The number of nitrogens with one attached hydrogen (secondary N) is 2. The Morgan fingerprint density at radius 3 is 2.94 bits per heavy atom. The second-order valence-electron chi connectivity index (χ2n) is 4.31. The first kappa shape index (κ1) is 11.1. The zero-order chi connectivity index (χ0) is 11.4. The molecule has 88 valence electrons. The predicted molar refractivity (Wildman–Crippen MR) is 63.5 cm³/mol. The number of aromatic nitrogens is 3.